The molecule has 0 bridgehead atoms. The maximum absolute atomic E-state index is 13.6. The Labute approximate surface area is 173 Å². The summed E-state index contributed by atoms with van der Waals surface area (Å²) in [5, 5.41) is 3.51. The van der Waals surface area contributed by atoms with Gasteiger partial charge in [0.15, 0.2) is 0 Å². The molecule has 5 heterocycles. The number of nitrogens with one attached hydrogen (secondary N) is 2. The van der Waals surface area contributed by atoms with E-state index in [-0.39, 0.29) is 29.9 Å². The van der Waals surface area contributed by atoms with Gasteiger partial charge in [-0.05, 0) is 31.0 Å². The number of hydrogen-bond donors (Lipinski definition) is 2. The lowest BCUT2D eigenvalue weighted by Gasteiger charge is -2.33. The second-order valence-electron chi connectivity index (χ2n) is 8.90. The molecule has 2 N–H and O–H groups in total. The van der Waals surface area contributed by atoms with Crippen molar-refractivity contribution < 1.29 is 24.0 Å². The fourth-order valence-corrected chi connectivity index (χ4v) is 6.84. The Hall–Kier alpha value is -1.96. The SMILES string of the molecule is O=C1[C@H]2[C@@H]3CCC[NH+]3[C@@]3(C(=O)Nc4ccc(Cl)cc43)[C@H]2C(=O)N1C[C@H]1CCCO1. The molecule has 5 aliphatic heterocycles. The summed E-state index contributed by atoms with van der Waals surface area (Å²) in [6.45, 7) is 1.75. The van der Waals surface area contributed by atoms with Crippen LogP contribution in [0.1, 0.15) is 31.2 Å². The number of quaternary nitrogens is 1. The molecule has 3 amide bonds. The molecule has 0 radical (unpaired) electrons. The summed E-state index contributed by atoms with van der Waals surface area (Å²) in [6.07, 6.45) is 3.52. The van der Waals surface area contributed by atoms with Crippen LogP contribution in [0, 0.1) is 11.8 Å². The van der Waals surface area contributed by atoms with Crippen LogP contribution in [-0.4, -0.2) is 54.5 Å². The molecule has 4 saturated heterocycles. The Kier molecular flexibility index (Phi) is 3.71. The molecule has 0 aliphatic carbocycles. The highest BCUT2D eigenvalue weighted by Gasteiger charge is 2.78. The van der Waals surface area contributed by atoms with Crippen LogP contribution >= 0.6 is 11.6 Å². The highest BCUT2D eigenvalue weighted by molar-refractivity contribution is 6.31. The number of benzene rings is 1. The van der Waals surface area contributed by atoms with Crippen molar-refractivity contribution in [1.29, 1.82) is 0 Å². The summed E-state index contributed by atoms with van der Waals surface area (Å²) in [7, 11) is 0. The van der Waals surface area contributed by atoms with Crippen LogP contribution in [0.15, 0.2) is 18.2 Å². The monoisotopic (exact) mass is 416 g/mol. The second-order valence-corrected chi connectivity index (χ2v) is 9.34. The Morgan fingerprint density at radius 1 is 1.21 bits per heavy atom. The molecule has 8 heteroatoms. The first-order valence-corrected chi connectivity index (χ1v) is 10.9. The van der Waals surface area contributed by atoms with Gasteiger partial charge in [-0.1, -0.05) is 11.6 Å². The number of fused-ring (bicyclic) bond motifs is 7. The Balaban J connectivity index is 1.48. The predicted molar refractivity (Wildman–Crippen MR) is 103 cm³/mol. The van der Waals surface area contributed by atoms with Gasteiger partial charge in [0.25, 0.3) is 5.91 Å². The summed E-state index contributed by atoms with van der Waals surface area (Å²) < 4.78 is 5.68. The minimum Gasteiger partial charge on any atom is -0.376 e. The molecular formula is C21H23ClN3O4+. The average Bonchev–Trinajstić information content (AvgIpc) is 3.47. The first-order chi connectivity index (χ1) is 14.0. The summed E-state index contributed by atoms with van der Waals surface area (Å²) in [5.74, 6) is -1.64. The number of nitrogens with zero attached hydrogens (tertiary/aromatic N) is 1. The molecule has 7 nitrogen and oxygen atoms in total. The number of ether oxygens (including phenoxy) is 1. The number of carbonyl (C=O) groups excluding carboxylic acids is 3. The Bertz CT molecular complexity index is 946. The molecule has 152 valence electrons. The third-order valence-corrected chi connectivity index (χ3v) is 7.92. The second kappa shape index (κ2) is 6.03. The van der Waals surface area contributed by atoms with Gasteiger partial charge in [0.2, 0.25) is 17.4 Å². The van der Waals surface area contributed by atoms with Gasteiger partial charge in [-0.15, -0.1) is 0 Å². The maximum Gasteiger partial charge on any atom is 0.291 e. The van der Waals surface area contributed by atoms with Crippen LogP contribution in [0.3, 0.4) is 0 Å². The van der Waals surface area contributed by atoms with E-state index in [1.807, 2.05) is 0 Å². The number of carbonyl (C=O) groups is 3. The fraction of sp³-hybridized carbons (Fsp3) is 0.571. The van der Waals surface area contributed by atoms with Crippen molar-refractivity contribution in [2.45, 2.75) is 43.4 Å². The molecule has 6 rings (SSSR count). The minimum atomic E-state index is -1.07. The van der Waals surface area contributed by atoms with Crippen molar-refractivity contribution in [2.24, 2.45) is 11.8 Å². The van der Waals surface area contributed by atoms with Crippen LogP contribution in [0.5, 0.6) is 0 Å². The fourth-order valence-electron chi connectivity index (χ4n) is 6.66. The molecule has 4 fully saturated rings. The van der Waals surface area contributed by atoms with Crippen molar-refractivity contribution in [2.75, 3.05) is 25.0 Å². The molecule has 6 atom stereocenters. The molecule has 0 saturated carbocycles. The topological polar surface area (TPSA) is 80.2 Å². The molecule has 29 heavy (non-hydrogen) atoms. The molecule has 1 aromatic rings. The normalized spacial score (nSPS) is 40.0. The molecule has 0 aromatic heterocycles. The Morgan fingerprint density at radius 2 is 2.07 bits per heavy atom. The molecule has 5 aliphatic rings. The van der Waals surface area contributed by atoms with Gasteiger partial charge in [-0.2, -0.15) is 0 Å². The van der Waals surface area contributed by atoms with Crippen LogP contribution in [-0.2, 0) is 24.7 Å². The first-order valence-electron chi connectivity index (χ1n) is 10.5. The van der Waals surface area contributed by atoms with E-state index in [2.05, 4.69) is 5.32 Å². The zero-order valence-corrected chi connectivity index (χ0v) is 16.7. The van der Waals surface area contributed by atoms with Crippen LogP contribution in [0.2, 0.25) is 5.02 Å². The summed E-state index contributed by atoms with van der Waals surface area (Å²) in [5.41, 5.74) is 0.407. The van der Waals surface area contributed by atoms with Crippen molar-refractivity contribution in [1.82, 2.24) is 4.90 Å². The number of hydrogen-bond acceptors (Lipinski definition) is 4. The van der Waals surface area contributed by atoms with Gasteiger partial charge in [0.05, 0.1) is 24.9 Å². The third kappa shape index (κ3) is 2.13. The Morgan fingerprint density at radius 3 is 2.86 bits per heavy atom. The van der Waals surface area contributed by atoms with E-state index in [0.717, 1.165) is 42.7 Å². The van der Waals surface area contributed by atoms with Crippen molar-refractivity contribution in [3.05, 3.63) is 28.8 Å². The van der Waals surface area contributed by atoms with E-state index in [1.54, 1.807) is 18.2 Å². The van der Waals surface area contributed by atoms with Gasteiger partial charge >= 0.3 is 0 Å². The van der Waals surface area contributed by atoms with Gasteiger partial charge in [-0.25, -0.2) is 0 Å². The summed E-state index contributed by atoms with van der Waals surface area (Å²) in [4.78, 5) is 43.0. The quantitative estimate of drug-likeness (QED) is 0.681. The number of imide groups is 1. The highest BCUT2D eigenvalue weighted by atomic mass is 35.5. The zero-order valence-electron chi connectivity index (χ0n) is 15.9. The zero-order chi connectivity index (χ0) is 19.9. The lowest BCUT2D eigenvalue weighted by Crippen LogP contribution is -3.19. The van der Waals surface area contributed by atoms with Crippen molar-refractivity contribution in [3.8, 4) is 0 Å². The number of amides is 3. The highest BCUT2D eigenvalue weighted by Crippen LogP contribution is 2.52. The average molecular weight is 417 g/mol. The molecule has 1 aromatic carbocycles. The van der Waals surface area contributed by atoms with Gasteiger partial charge in [0.1, 0.15) is 17.9 Å². The molecular weight excluding hydrogens is 394 g/mol. The van der Waals surface area contributed by atoms with Crippen molar-refractivity contribution >= 4 is 35.0 Å². The number of halogens is 1. The summed E-state index contributed by atoms with van der Waals surface area (Å²) >= 11 is 6.30. The number of anilines is 1. The van der Waals surface area contributed by atoms with Crippen LogP contribution < -0.4 is 10.2 Å². The van der Waals surface area contributed by atoms with E-state index in [4.69, 9.17) is 16.3 Å². The van der Waals surface area contributed by atoms with Crippen LogP contribution in [0.25, 0.3) is 0 Å². The van der Waals surface area contributed by atoms with Gasteiger partial charge in [0, 0.05) is 30.0 Å². The lowest BCUT2D eigenvalue weighted by molar-refractivity contribution is -0.948. The molecule has 1 spiro atoms. The largest absolute Gasteiger partial charge is 0.376 e. The minimum absolute atomic E-state index is 0.0124. The lowest BCUT2D eigenvalue weighted by atomic mass is 9.75. The van der Waals surface area contributed by atoms with Gasteiger partial charge < -0.3 is 15.0 Å². The van der Waals surface area contributed by atoms with E-state index in [0.29, 0.717) is 23.9 Å². The smallest absolute Gasteiger partial charge is 0.291 e. The molecule has 1 unspecified atom stereocenters. The van der Waals surface area contributed by atoms with E-state index >= 15 is 0 Å². The van der Waals surface area contributed by atoms with Crippen molar-refractivity contribution in [3.63, 3.8) is 0 Å². The maximum atomic E-state index is 13.6. The van der Waals surface area contributed by atoms with Crippen LogP contribution in [0.4, 0.5) is 5.69 Å². The van der Waals surface area contributed by atoms with E-state index in [1.165, 1.54) is 4.90 Å². The van der Waals surface area contributed by atoms with E-state index in [9.17, 15) is 14.4 Å². The van der Waals surface area contributed by atoms with E-state index < -0.39 is 17.4 Å². The summed E-state index contributed by atoms with van der Waals surface area (Å²) in [6, 6.07) is 5.34. The standard InChI is InChI=1S/C21H22ClN3O4/c22-11-5-6-14-13(9-11)21(20(28)23-14)17-16(15-4-1-7-25(15)21)18(26)24(19(17)27)10-12-3-2-8-29-12/h5-6,9,12,15-17H,1-4,7-8,10H2,(H,23,28)/p+1/t12-,15+,16+,17-,21-/m1/s1. The predicted octanol–water partition coefficient (Wildman–Crippen LogP) is 0.329. The third-order valence-electron chi connectivity index (χ3n) is 7.68. The first kappa shape index (κ1) is 17.9. The van der Waals surface area contributed by atoms with Gasteiger partial charge in [-0.3, -0.25) is 19.3 Å². The number of likely N-dealkylation sites (tertiary alicyclic amines) is 1. The number of rotatable bonds is 2.